The lowest BCUT2D eigenvalue weighted by Gasteiger charge is -2.19. The van der Waals surface area contributed by atoms with E-state index in [-0.39, 0.29) is 22.8 Å². The summed E-state index contributed by atoms with van der Waals surface area (Å²) in [6.07, 6.45) is 0. The molecular weight excluding hydrogens is 478 g/mol. The van der Waals surface area contributed by atoms with Crippen LogP contribution in [0.4, 0.5) is 5.69 Å². The van der Waals surface area contributed by atoms with Gasteiger partial charge in [-0.1, -0.05) is 18.2 Å². The summed E-state index contributed by atoms with van der Waals surface area (Å²) in [6.45, 7) is -0.386. The highest BCUT2D eigenvalue weighted by molar-refractivity contribution is 9.11. The fourth-order valence-corrected chi connectivity index (χ4v) is 4.95. The molecule has 0 fully saturated rings. The van der Waals surface area contributed by atoms with Crippen molar-refractivity contribution in [2.75, 3.05) is 18.0 Å². The van der Waals surface area contributed by atoms with Crippen LogP contribution in [-0.4, -0.2) is 33.8 Å². The second-order valence-corrected chi connectivity index (χ2v) is 10.4. The van der Waals surface area contributed by atoms with Crippen molar-refractivity contribution in [3.63, 3.8) is 0 Å². The van der Waals surface area contributed by atoms with Crippen molar-refractivity contribution >= 4 is 54.7 Å². The topological polar surface area (TPSA) is 80.8 Å². The molecule has 3 rings (SSSR count). The van der Waals surface area contributed by atoms with E-state index in [0.29, 0.717) is 10.6 Å². The molecule has 0 saturated heterocycles. The Morgan fingerprint density at radius 3 is 2.24 bits per heavy atom. The molecule has 0 amide bonds. The predicted molar refractivity (Wildman–Crippen MR) is 115 cm³/mol. The zero-order chi connectivity index (χ0) is 21.0. The van der Waals surface area contributed by atoms with E-state index in [1.807, 2.05) is 0 Å². The molecule has 0 spiro atoms. The minimum absolute atomic E-state index is 0.0416. The number of anilines is 1. The number of thiophene rings is 1. The zero-order valence-electron chi connectivity index (χ0n) is 15.2. The van der Waals surface area contributed by atoms with Gasteiger partial charge in [0.05, 0.1) is 24.8 Å². The second kappa shape index (κ2) is 8.89. The van der Waals surface area contributed by atoms with Crippen molar-refractivity contribution in [3.8, 4) is 0 Å². The number of ketones is 1. The molecule has 0 unspecified atom stereocenters. The van der Waals surface area contributed by atoms with Crippen LogP contribution in [0.15, 0.2) is 75.4 Å². The molecule has 0 radical (unpaired) electrons. The van der Waals surface area contributed by atoms with Gasteiger partial charge in [0.25, 0.3) is 10.0 Å². The number of carbonyl (C=O) groups is 2. The number of Topliss-reactive ketones (excluding diaryl/α,β-unsaturated/α-hetero) is 1. The van der Waals surface area contributed by atoms with E-state index in [9.17, 15) is 18.0 Å². The van der Waals surface area contributed by atoms with E-state index in [4.69, 9.17) is 4.74 Å². The van der Waals surface area contributed by atoms with Crippen molar-refractivity contribution in [2.24, 2.45) is 0 Å². The molecule has 1 aromatic heterocycles. The summed E-state index contributed by atoms with van der Waals surface area (Å²) >= 11 is 4.52. The molecule has 0 saturated carbocycles. The normalized spacial score (nSPS) is 11.1. The second-order valence-electron chi connectivity index (χ2n) is 5.94. The van der Waals surface area contributed by atoms with Crippen LogP contribution < -0.4 is 4.31 Å². The molecule has 0 N–H and O–H groups in total. The first-order valence-electron chi connectivity index (χ1n) is 8.39. The van der Waals surface area contributed by atoms with Crippen LogP contribution in [0.3, 0.4) is 0 Å². The van der Waals surface area contributed by atoms with Crippen molar-refractivity contribution in [1.29, 1.82) is 0 Å². The quantitative estimate of drug-likeness (QED) is 0.360. The Balaban J connectivity index is 1.67. The Labute approximate surface area is 180 Å². The molecule has 1 heterocycles. The van der Waals surface area contributed by atoms with Gasteiger partial charge in [0.15, 0.2) is 6.61 Å². The van der Waals surface area contributed by atoms with Crippen LogP contribution >= 0.6 is 27.3 Å². The first-order valence-corrected chi connectivity index (χ1v) is 11.4. The summed E-state index contributed by atoms with van der Waals surface area (Å²) in [5, 5.41) is 0. The third-order valence-electron chi connectivity index (χ3n) is 4.05. The monoisotopic (exact) mass is 493 g/mol. The number of ether oxygens (including phenoxy) is 1. The van der Waals surface area contributed by atoms with E-state index in [0.717, 1.165) is 8.09 Å². The molecule has 29 heavy (non-hydrogen) atoms. The molecule has 0 aliphatic heterocycles. The van der Waals surface area contributed by atoms with Gasteiger partial charge in [-0.25, -0.2) is 13.2 Å². The Hall–Kier alpha value is -2.49. The van der Waals surface area contributed by atoms with Gasteiger partial charge in [0, 0.05) is 7.05 Å². The van der Waals surface area contributed by atoms with Crippen molar-refractivity contribution in [1.82, 2.24) is 0 Å². The van der Waals surface area contributed by atoms with E-state index in [1.165, 1.54) is 42.6 Å². The highest BCUT2D eigenvalue weighted by Gasteiger charge is 2.22. The largest absolute Gasteiger partial charge is 0.454 e. The van der Waals surface area contributed by atoms with Crippen LogP contribution in [0.2, 0.25) is 0 Å². The fraction of sp³-hybridized carbons (Fsp3) is 0.100. The van der Waals surface area contributed by atoms with Crippen LogP contribution in [0.25, 0.3) is 0 Å². The van der Waals surface area contributed by atoms with E-state index in [2.05, 4.69) is 15.9 Å². The summed E-state index contributed by atoms with van der Waals surface area (Å²) in [5.74, 6) is -1.01. The Morgan fingerprint density at radius 1 is 1.00 bits per heavy atom. The van der Waals surface area contributed by atoms with Crippen LogP contribution in [0.5, 0.6) is 0 Å². The number of nitrogens with zero attached hydrogens (tertiary/aromatic N) is 1. The average Bonchev–Trinajstić information content (AvgIpc) is 3.18. The van der Waals surface area contributed by atoms with Gasteiger partial charge in [0.2, 0.25) is 5.78 Å². The van der Waals surface area contributed by atoms with Crippen molar-refractivity contribution < 1.29 is 22.7 Å². The van der Waals surface area contributed by atoms with Gasteiger partial charge >= 0.3 is 5.97 Å². The lowest BCUT2D eigenvalue weighted by molar-refractivity contribution is 0.0475. The number of sulfonamides is 1. The molecule has 6 nitrogen and oxygen atoms in total. The Morgan fingerprint density at radius 2 is 1.66 bits per heavy atom. The smallest absolute Gasteiger partial charge is 0.338 e. The number of para-hydroxylation sites is 1. The fourth-order valence-electron chi connectivity index (χ4n) is 2.45. The number of benzene rings is 2. The molecule has 0 aliphatic rings. The third kappa shape index (κ3) is 4.92. The lowest BCUT2D eigenvalue weighted by atomic mass is 10.2. The molecule has 3 aromatic rings. The maximum Gasteiger partial charge on any atom is 0.338 e. The number of hydrogen-bond donors (Lipinski definition) is 0. The van der Waals surface area contributed by atoms with Gasteiger partial charge in [-0.3, -0.25) is 9.10 Å². The maximum atomic E-state index is 12.8. The van der Waals surface area contributed by atoms with Gasteiger partial charge in [-0.2, -0.15) is 0 Å². The minimum atomic E-state index is -3.77. The summed E-state index contributed by atoms with van der Waals surface area (Å²) in [5.41, 5.74) is 0.682. The predicted octanol–water partition coefficient (Wildman–Crippen LogP) is 4.38. The summed E-state index contributed by atoms with van der Waals surface area (Å²) in [6, 6.07) is 17.4. The van der Waals surface area contributed by atoms with Gasteiger partial charge < -0.3 is 4.74 Å². The molecule has 150 valence electrons. The standard InChI is InChI=1S/C20H16BrNO5S2/c1-22(15-5-3-2-4-6-15)29(25,26)16-9-7-14(8-10-16)20(24)27-13-17(23)18-11-12-19(21)28-18/h2-12H,13H2,1H3. The van der Waals surface area contributed by atoms with Crippen molar-refractivity contribution in [3.05, 3.63) is 81.0 Å². The highest BCUT2D eigenvalue weighted by Crippen LogP contribution is 2.23. The van der Waals surface area contributed by atoms with Gasteiger partial charge in [0.1, 0.15) is 0 Å². The molecule has 9 heteroatoms. The van der Waals surface area contributed by atoms with E-state index >= 15 is 0 Å². The molecule has 2 aromatic carbocycles. The summed E-state index contributed by atoms with van der Waals surface area (Å²) in [4.78, 5) is 24.7. The van der Waals surface area contributed by atoms with Crippen molar-refractivity contribution in [2.45, 2.75) is 4.90 Å². The molecule has 0 bridgehead atoms. The Kier molecular flexibility index (Phi) is 6.51. The molecular formula is C20H16BrNO5S2. The number of rotatable bonds is 7. The SMILES string of the molecule is CN(c1ccccc1)S(=O)(=O)c1ccc(C(=O)OCC(=O)c2ccc(Br)s2)cc1. The zero-order valence-corrected chi connectivity index (χ0v) is 18.5. The minimum Gasteiger partial charge on any atom is -0.454 e. The lowest BCUT2D eigenvalue weighted by Crippen LogP contribution is -2.26. The number of halogens is 1. The highest BCUT2D eigenvalue weighted by atomic mass is 79.9. The van der Waals surface area contributed by atoms with Crippen LogP contribution in [0, 0.1) is 0 Å². The molecule has 0 atom stereocenters. The number of carbonyl (C=O) groups excluding carboxylic acids is 2. The van der Waals surface area contributed by atoms with E-state index < -0.39 is 16.0 Å². The number of hydrogen-bond acceptors (Lipinski definition) is 6. The number of esters is 1. The van der Waals surface area contributed by atoms with Crippen LogP contribution in [-0.2, 0) is 14.8 Å². The average molecular weight is 494 g/mol. The van der Waals surface area contributed by atoms with Crippen LogP contribution in [0.1, 0.15) is 20.0 Å². The van der Waals surface area contributed by atoms with Gasteiger partial charge in [-0.05, 0) is 64.5 Å². The summed E-state index contributed by atoms with van der Waals surface area (Å²) < 4.78 is 32.5. The molecule has 0 aliphatic carbocycles. The maximum absolute atomic E-state index is 12.8. The third-order valence-corrected chi connectivity index (χ3v) is 7.52. The Bertz CT molecular complexity index is 1130. The van der Waals surface area contributed by atoms with E-state index in [1.54, 1.807) is 42.5 Å². The first kappa shape index (κ1) is 21.2. The first-order chi connectivity index (χ1) is 13.8. The summed E-state index contributed by atoms with van der Waals surface area (Å²) in [7, 11) is -2.31. The van der Waals surface area contributed by atoms with Gasteiger partial charge in [-0.15, -0.1) is 11.3 Å².